The Morgan fingerprint density at radius 2 is 1.71 bits per heavy atom. The first-order valence-electron chi connectivity index (χ1n) is 6.13. The molecule has 96 valence electrons. The van der Waals surface area contributed by atoms with Crippen LogP contribution >= 0.6 is 11.8 Å². The Morgan fingerprint density at radius 1 is 1.12 bits per heavy atom. The van der Waals surface area contributed by atoms with Gasteiger partial charge in [-0.2, -0.15) is 0 Å². The largest absolute Gasteiger partial charge is 0.391 e. The van der Waals surface area contributed by atoms with Gasteiger partial charge in [-0.25, -0.2) is 0 Å². The van der Waals surface area contributed by atoms with E-state index in [4.69, 9.17) is 0 Å². The summed E-state index contributed by atoms with van der Waals surface area (Å²) in [7, 11) is 0. The van der Waals surface area contributed by atoms with E-state index in [0.29, 0.717) is 6.42 Å². The summed E-state index contributed by atoms with van der Waals surface area (Å²) in [5.41, 5.74) is 1.21. The minimum Gasteiger partial charge on any atom is -0.391 e. The molecule has 0 aromatic heterocycles. The van der Waals surface area contributed by atoms with E-state index in [1.807, 2.05) is 11.8 Å². The first-order chi connectivity index (χ1) is 8.04. The Morgan fingerprint density at radius 3 is 2.18 bits per heavy atom. The highest BCUT2D eigenvalue weighted by atomic mass is 32.2. The normalized spacial score (nSPS) is 16.5. The van der Waals surface area contributed by atoms with Crippen LogP contribution in [0.3, 0.4) is 0 Å². The van der Waals surface area contributed by atoms with E-state index >= 15 is 0 Å². The van der Waals surface area contributed by atoms with Gasteiger partial charge in [-0.1, -0.05) is 26.0 Å². The minimum absolute atomic E-state index is 0.264. The average Bonchev–Trinajstić information content (AvgIpc) is 2.30. The number of aliphatic hydroxyl groups is 2. The highest BCUT2D eigenvalue weighted by Gasteiger charge is 2.16. The van der Waals surface area contributed by atoms with E-state index in [9.17, 15) is 10.2 Å². The van der Waals surface area contributed by atoms with Crippen molar-refractivity contribution in [3.8, 4) is 0 Å². The number of hydrogen-bond acceptors (Lipinski definition) is 3. The van der Waals surface area contributed by atoms with Crippen molar-refractivity contribution in [2.45, 2.75) is 50.2 Å². The van der Waals surface area contributed by atoms with Gasteiger partial charge in [0.05, 0.1) is 12.2 Å². The van der Waals surface area contributed by atoms with Gasteiger partial charge >= 0.3 is 0 Å². The van der Waals surface area contributed by atoms with Crippen LogP contribution in [0.2, 0.25) is 0 Å². The van der Waals surface area contributed by atoms with E-state index in [2.05, 4.69) is 38.1 Å². The van der Waals surface area contributed by atoms with Crippen molar-refractivity contribution < 1.29 is 10.2 Å². The molecule has 0 aliphatic rings. The second-order valence-electron chi connectivity index (χ2n) is 4.45. The molecule has 0 amide bonds. The molecule has 3 heteroatoms. The van der Waals surface area contributed by atoms with Gasteiger partial charge < -0.3 is 10.2 Å². The van der Waals surface area contributed by atoms with Gasteiger partial charge in [0.2, 0.25) is 0 Å². The highest BCUT2D eigenvalue weighted by Crippen LogP contribution is 2.25. The lowest BCUT2D eigenvalue weighted by Crippen LogP contribution is -2.24. The molecule has 0 spiro atoms. The highest BCUT2D eigenvalue weighted by molar-refractivity contribution is 7.99. The summed E-state index contributed by atoms with van der Waals surface area (Å²) >= 11 is 1.83. The van der Waals surface area contributed by atoms with Crippen molar-refractivity contribution >= 4 is 11.8 Å². The lowest BCUT2D eigenvalue weighted by atomic mass is 9.93. The third-order valence-electron chi connectivity index (χ3n) is 2.91. The Balaban J connectivity index is 2.60. The Kier molecular flexibility index (Phi) is 6.03. The van der Waals surface area contributed by atoms with Gasteiger partial charge in [0, 0.05) is 4.90 Å². The fourth-order valence-electron chi connectivity index (χ4n) is 1.75. The lowest BCUT2D eigenvalue weighted by molar-refractivity contribution is 0.0227. The maximum atomic E-state index is 9.64. The van der Waals surface area contributed by atoms with Crippen LogP contribution in [0.25, 0.3) is 0 Å². The molecule has 0 bridgehead atoms. The molecule has 0 radical (unpaired) electrons. The number of hydrogen-bond donors (Lipinski definition) is 2. The smallest absolute Gasteiger partial charge is 0.0802 e. The molecule has 0 aliphatic heterocycles. The molecule has 3 atom stereocenters. The summed E-state index contributed by atoms with van der Waals surface area (Å²) in [5.74, 6) is 1.34. The van der Waals surface area contributed by atoms with Crippen molar-refractivity contribution in [1.29, 1.82) is 0 Å². The Bertz CT molecular complexity index is 321. The van der Waals surface area contributed by atoms with Crippen molar-refractivity contribution in [2.24, 2.45) is 0 Å². The van der Waals surface area contributed by atoms with Crippen molar-refractivity contribution in [1.82, 2.24) is 0 Å². The number of aliphatic hydroxyl groups excluding tert-OH is 2. The molecule has 1 rings (SSSR count). The van der Waals surface area contributed by atoms with Crippen LogP contribution in [0.1, 0.15) is 38.7 Å². The zero-order chi connectivity index (χ0) is 12.8. The molecule has 2 N–H and O–H groups in total. The predicted octanol–water partition coefficient (Wildman–Crippen LogP) is 3.03. The average molecular weight is 254 g/mol. The molecule has 0 heterocycles. The molecule has 0 fully saturated rings. The fraction of sp³-hybridized carbons (Fsp3) is 0.571. The lowest BCUT2D eigenvalue weighted by Gasteiger charge is -2.19. The quantitative estimate of drug-likeness (QED) is 0.767. The summed E-state index contributed by atoms with van der Waals surface area (Å²) in [5, 5.41) is 18.9. The topological polar surface area (TPSA) is 40.5 Å². The number of thioether (sulfide) groups is 1. The van der Waals surface area contributed by atoms with E-state index < -0.39 is 12.2 Å². The van der Waals surface area contributed by atoms with Crippen LogP contribution in [-0.4, -0.2) is 28.2 Å². The third-order valence-corrected chi connectivity index (χ3v) is 3.81. The van der Waals surface area contributed by atoms with Gasteiger partial charge in [-0.3, -0.25) is 0 Å². The van der Waals surface area contributed by atoms with Gasteiger partial charge in [0.25, 0.3) is 0 Å². The first kappa shape index (κ1) is 14.6. The third kappa shape index (κ3) is 4.70. The molecule has 0 saturated heterocycles. The Labute approximate surface area is 108 Å². The van der Waals surface area contributed by atoms with Crippen molar-refractivity contribution in [3.63, 3.8) is 0 Å². The van der Waals surface area contributed by atoms with Crippen LogP contribution in [0.15, 0.2) is 29.2 Å². The zero-order valence-electron chi connectivity index (χ0n) is 10.8. The standard InChI is InChI=1S/C14H22O2S/c1-4-17-13-7-5-12(6-8-13)10(2)9-14(16)11(3)15/h5-8,10-11,14-16H,4,9H2,1-3H3. The number of rotatable bonds is 6. The maximum Gasteiger partial charge on any atom is 0.0802 e. The summed E-state index contributed by atoms with van der Waals surface area (Å²) in [6.45, 7) is 5.84. The van der Waals surface area contributed by atoms with Crippen LogP contribution in [-0.2, 0) is 0 Å². The molecule has 17 heavy (non-hydrogen) atoms. The second-order valence-corrected chi connectivity index (χ2v) is 5.78. The van der Waals surface area contributed by atoms with E-state index in [0.717, 1.165) is 5.75 Å². The Hall–Kier alpha value is -0.510. The SMILES string of the molecule is CCSc1ccc(C(C)CC(O)C(C)O)cc1. The van der Waals surface area contributed by atoms with Crippen molar-refractivity contribution in [3.05, 3.63) is 29.8 Å². The van der Waals surface area contributed by atoms with E-state index in [1.54, 1.807) is 6.92 Å². The predicted molar refractivity (Wildman–Crippen MR) is 73.6 cm³/mol. The number of benzene rings is 1. The van der Waals surface area contributed by atoms with Gasteiger partial charge in [0.1, 0.15) is 0 Å². The van der Waals surface area contributed by atoms with Crippen molar-refractivity contribution in [2.75, 3.05) is 5.75 Å². The summed E-state index contributed by atoms with van der Waals surface area (Å²) in [6.07, 6.45) is -0.708. The monoisotopic (exact) mass is 254 g/mol. The second kappa shape index (κ2) is 7.04. The maximum absolute atomic E-state index is 9.64. The molecule has 2 nitrogen and oxygen atoms in total. The summed E-state index contributed by atoms with van der Waals surface area (Å²) < 4.78 is 0. The summed E-state index contributed by atoms with van der Waals surface area (Å²) in [4.78, 5) is 1.28. The van der Waals surface area contributed by atoms with E-state index in [1.165, 1.54) is 10.5 Å². The molecule has 1 aromatic rings. The van der Waals surface area contributed by atoms with Gasteiger partial charge in [0.15, 0.2) is 0 Å². The van der Waals surface area contributed by atoms with Crippen LogP contribution in [0, 0.1) is 0 Å². The van der Waals surface area contributed by atoms with E-state index in [-0.39, 0.29) is 5.92 Å². The minimum atomic E-state index is -0.660. The molecule has 0 aliphatic carbocycles. The molecular formula is C14H22O2S. The zero-order valence-corrected chi connectivity index (χ0v) is 11.6. The molecule has 3 unspecified atom stereocenters. The van der Waals surface area contributed by atoms with Crippen LogP contribution in [0.5, 0.6) is 0 Å². The molecule has 0 saturated carbocycles. The van der Waals surface area contributed by atoms with Crippen LogP contribution in [0.4, 0.5) is 0 Å². The molecule has 1 aromatic carbocycles. The first-order valence-corrected chi connectivity index (χ1v) is 7.12. The van der Waals surface area contributed by atoms with Crippen LogP contribution < -0.4 is 0 Å². The van der Waals surface area contributed by atoms with Gasteiger partial charge in [-0.05, 0) is 42.7 Å². The molecular weight excluding hydrogens is 232 g/mol. The summed E-state index contributed by atoms with van der Waals surface area (Å²) in [6, 6.07) is 8.46. The van der Waals surface area contributed by atoms with Gasteiger partial charge in [-0.15, -0.1) is 11.8 Å². The fourth-order valence-corrected chi connectivity index (χ4v) is 2.42.